The van der Waals surface area contributed by atoms with Gasteiger partial charge in [-0.25, -0.2) is 0 Å². The molecule has 1 aliphatic rings. The molecule has 2 N–H and O–H groups in total. The van der Waals surface area contributed by atoms with Crippen molar-refractivity contribution < 1.29 is 0 Å². The van der Waals surface area contributed by atoms with Crippen LogP contribution in [0, 0.1) is 6.92 Å². The third kappa shape index (κ3) is 2.18. The Morgan fingerprint density at radius 1 is 1.20 bits per heavy atom. The molecule has 0 radical (unpaired) electrons. The molecule has 1 aromatic rings. The molecule has 2 heterocycles. The highest BCUT2D eigenvalue weighted by atomic mass is 15.3. The van der Waals surface area contributed by atoms with Gasteiger partial charge >= 0.3 is 0 Å². The van der Waals surface area contributed by atoms with E-state index in [1.807, 2.05) is 13.0 Å². The van der Waals surface area contributed by atoms with Gasteiger partial charge in [0.1, 0.15) is 0 Å². The van der Waals surface area contributed by atoms with Crippen molar-refractivity contribution in [1.29, 1.82) is 0 Å². The highest BCUT2D eigenvalue weighted by Gasteiger charge is 2.17. The number of anilines is 2. The van der Waals surface area contributed by atoms with Crippen LogP contribution >= 0.6 is 0 Å². The molecule has 82 valence electrons. The molecular formula is C10H17N5. The van der Waals surface area contributed by atoms with E-state index in [4.69, 9.17) is 5.73 Å². The summed E-state index contributed by atoms with van der Waals surface area (Å²) in [5.74, 6) is 0.533. The van der Waals surface area contributed by atoms with Crippen LogP contribution in [0.4, 0.5) is 11.5 Å². The predicted molar refractivity (Wildman–Crippen MR) is 60.9 cm³/mol. The lowest BCUT2D eigenvalue weighted by Gasteiger charge is -2.34. The van der Waals surface area contributed by atoms with Gasteiger partial charge in [-0.05, 0) is 20.0 Å². The van der Waals surface area contributed by atoms with Crippen molar-refractivity contribution in [3.05, 3.63) is 11.8 Å². The lowest BCUT2D eigenvalue weighted by Crippen LogP contribution is -2.44. The lowest BCUT2D eigenvalue weighted by atomic mass is 10.2. The largest absolute Gasteiger partial charge is 0.380 e. The minimum Gasteiger partial charge on any atom is -0.380 e. The minimum absolute atomic E-state index is 0.533. The molecule has 1 aromatic heterocycles. The number of nitrogen functional groups attached to an aromatic ring is 1. The standard InChI is InChI=1S/C10H17N5/c1-8-7-9(10(11)13-12-8)15-5-3-14(2)4-6-15/h7H,3-6H2,1-2H3,(H2,11,13). The smallest absolute Gasteiger partial charge is 0.169 e. The molecular weight excluding hydrogens is 190 g/mol. The second kappa shape index (κ2) is 4.02. The van der Waals surface area contributed by atoms with Crippen molar-refractivity contribution in [1.82, 2.24) is 15.1 Å². The van der Waals surface area contributed by atoms with Crippen LogP contribution in [0.1, 0.15) is 5.69 Å². The van der Waals surface area contributed by atoms with E-state index < -0.39 is 0 Å². The normalized spacial score (nSPS) is 18.1. The zero-order chi connectivity index (χ0) is 10.8. The number of likely N-dealkylation sites (N-methyl/N-ethyl adjacent to an activating group) is 1. The molecule has 0 amide bonds. The van der Waals surface area contributed by atoms with Crippen LogP contribution in [0.3, 0.4) is 0 Å². The van der Waals surface area contributed by atoms with E-state index in [-0.39, 0.29) is 0 Å². The molecule has 0 spiro atoms. The lowest BCUT2D eigenvalue weighted by molar-refractivity contribution is 0.313. The fourth-order valence-electron chi connectivity index (χ4n) is 1.79. The van der Waals surface area contributed by atoms with Gasteiger partial charge in [0.15, 0.2) is 5.82 Å². The van der Waals surface area contributed by atoms with Crippen molar-refractivity contribution in [2.75, 3.05) is 43.9 Å². The summed E-state index contributed by atoms with van der Waals surface area (Å²) in [6.45, 7) is 6.09. The Kier molecular flexibility index (Phi) is 2.73. The minimum atomic E-state index is 0.533. The molecule has 0 aliphatic carbocycles. The summed E-state index contributed by atoms with van der Waals surface area (Å²) in [5.41, 5.74) is 7.76. The molecule has 0 atom stereocenters. The van der Waals surface area contributed by atoms with Gasteiger partial charge in [0, 0.05) is 26.2 Å². The number of hydrogen-bond donors (Lipinski definition) is 1. The van der Waals surface area contributed by atoms with Gasteiger partial charge in [-0.2, -0.15) is 5.10 Å². The van der Waals surface area contributed by atoms with Crippen LogP contribution in [0.25, 0.3) is 0 Å². The first-order valence-corrected chi connectivity index (χ1v) is 5.20. The molecule has 0 aromatic carbocycles. The van der Waals surface area contributed by atoms with Crippen LogP contribution < -0.4 is 10.6 Å². The van der Waals surface area contributed by atoms with Crippen LogP contribution in [-0.4, -0.2) is 48.3 Å². The zero-order valence-electron chi connectivity index (χ0n) is 9.27. The number of rotatable bonds is 1. The van der Waals surface area contributed by atoms with Crippen LogP contribution in [0.15, 0.2) is 6.07 Å². The van der Waals surface area contributed by atoms with Crippen molar-refractivity contribution in [3.63, 3.8) is 0 Å². The number of nitrogens with two attached hydrogens (primary N) is 1. The highest BCUT2D eigenvalue weighted by Crippen LogP contribution is 2.21. The maximum atomic E-state index is 5.83. The third-order valence-electron chi connectivity index (χ3n) is 2.77. The van der Waals surface area contributed by atoms with Crippen molar-refractivity contribution in [2.45, 2.75) is 6.92 Å². The summed E-state index contributed by atoms with van der Waals surface area (Å²) in [5, 5.41) is 7.88. The SMILES string of the molecule is Cc1cc(N2CCN(C)CC2)c(N)nn1. The molecule has 1 saturated heterocycles. The molecule has 1 fully saturated rings. The number of nitrogens with zero attached hydrogens (tertiary/aromatic N) is 4. The van der Waals surface area contributed by atoms with Crippen molar-refractivity contribution >= 4 is 11.5 Å². The van der Waals surface area contributed by atoms with Crippen molar-refractivity contribution in [3.8, 4) is 0 Å². The second-order valence-electron chi connectivity index (χ2n) is 4.05. The first-order valence-electron chi connectivity index (χ1n) is 5.20. The van der Waals surface area contributed by atoms with Gasteiger partial charge in [0.2, 0.25) is 0 Å². The number of aromatic nitrogens is 2. The van der Waals surface area contributed by atoms with Gasteiger partial charge < -0.3 is 15.5 Å². The summed E-state index contributed by atoms with van der Waals surface area (Å²) in [6.07, 6.45) is 0. The Morgan fingerprint density at radius 3 is 2.53 bits per heavy atom. The molecule has 5 heteroatoms. The van der Waals surface area contributed by atoms with E-state index in [0.717, 1.165) is 37.6 Å². The van der Waals surface area contributed by atoms with Gasteiger partial charge in [-0.3, -0.25) is 0 Å². The summed E-state index contributed by atoms with van der Waals surface area (Å²) < 4.78 is 0. The third-order valence-corrected chi connectivity index (χ3v) is 2.77. The number of piperazine rings is 1. The summed E-state index contributed by atoms with van der Waals surface area (Å²) in [7, 11) is 2.14. The van der Waals surface area contributed by atoms with E-state index in [1.54, 1.807) is 0 Å². The quantitative estimate of drug-likeness (QED) is 0.708. The topological polar surface area (TPSA) is 58.3 Å². The average Bonchev–Trinajstić information content (AvgIpc) is 2.23. The molecule has 0 unspecified atom stereocenters. The Morgan fingerprint density at radius 2 is 1.87 bits per heavy atom. The average molecular weight is 207 g/mol. The van der Waals surface area contributed by atoms with Crippen LogP contribution in [0.5, 0.6) is 0 Å². The Bertz CT molecular complexity index is 344. The first-order chi connectivity index (χ1) is 7.16. The molecule has 15 heavy (non-hydrogen) atoms. The Labute approximate surface area is 89.9 Å². The number of aryl methyl sites for hydroxylation is 1. The Balaban J connectivity index is 2.18. The van der Waals surface area contributed by atoms with Gasteiger partial charge in [-0.1, -0.05) is 0 Å². The molecule has 5 nitrogen and oxygen atoms in total. The fraction of sp³-hybridized carbons (Fsp3) is 0.600. The van der Waals surface area contributed by atoms with Gasteiger partial charge in [0.05, 0.1) is 11.4 Å². The molecule has 0 saturated carbocycles. The molecule has 1 aliphatic heterocycles. The summed E-state index contributed by atoms with van der Waals surface area (Å²) in [4.78, 5) is 4.59. The summed E-state index contributed by atoms with van der Waals surface area (Å²) in [6, 6.07) is 2.01. The predicted octanol–water partition coefficient (Wildman–Crippen LogP) is 0.119. The maximum absolute atomic E-state index is 5.83. The van der Waals surface area contributed by atoms with Crippen LogP contribution in [0.2, 0.25) is 0 Å². The van der Waals surface area contributed by atoms with E-state index >= 15 is 0 Å². The van der Waals surface area contributed by atoms with Crippen molar-refractivity contribution in [2.24, 2.45) is 0 Å². The monoisotopic (exact) mass is 207 g/mol. The molecule has 0 bridgehead atoms. The van der Waals surface area contributed by atoms with E-state index in [0.29, 0.717) is 5.82 Å². The maximum Gasteiger partial charge on any atom is 0.169 e. The number of hydrogen-bond acceptors (Lipinski definition) is 5. The van der Waals surface area contributed by atoms with Gasteiger partial charge in [-0.15, -0.1) is 5.10 Å². The van der Waals surface area contributed by atoms with E-state index in [1.165, 1.54) is 0 Å². The zero-order valence-corrected chi connectivity index (χ0v) is 9.27. The van der Waals surface area contributed by atoms with E-state index in [2.05, 4.69) is 27.0 Å². The fourth-order valence-corrected chi connectivity index (χ4v) is 1.79. The van der Waals surface area contributed by atoms with Crippen LogP contribution in [-0.2, 0) is 0 Å². The van der Waals surface area contributed by atoms with Gasteiger partial charge in [0.25, 0.3) is 0 Å². The Hall–Kier alpha value is -1.36. The molecule has 2 rings (SSSR count). The summed E-state index contributed by atoms with van der Waals surface area (Å²) >= 11 is 0. The highest BCUT2D eigenvalue weighted by molar-refractivity contribution is 5.63. The second-order valence-corrected chi connectivity index (χ2v) is 4.05. The van der Waals surface area contributed by atoms with E-state index in [9.17, 15) is 0 Å². The first kappa shape index (κ1) is 10.2.